The highest BCUT2D eigenvalue weighted by Crippen LogP contribution is 2.31. The molecule has 15 heavy (non-hydrogen) atoms. The van der Waals surface area contributed by atoms with Crippen molar-refractivity contribution in [2.75, 3.05) is 13.2 Å². The van der Waals surface area contributed by atoms with Crippen molar-refractivity contribution in [2.24, 2.45) is 5.73 Å². The summed E-state index contributed by atoms with van der Waals surface area (Å²) in [7, 11) is 0. The molecule has 1 unspecified atom stereocenters. The average molecular weight is 230 g/mol. The first-order valence-corrected chi connectivity index (χ1v) is 5.32. The Hall–Kier alpha value is -0.770. The Morgan fingerprint density at radius 2 is 2.27 bits per heavy atom. The van der Waals surface area contributed by atoms with Crippen LogP contribution in [-0.2, 0) is 0 Å². The van der Waals surface area contributed by atoms with Crippen LogP contribution in [0, 0.1) is 0 Å². The molecule has 1 aromatic carbocycles. The van der Waals surface area contributed by atoms with Gasteiger partial charge in [0.05, 0.1) is 11.6 Å². The zero-order chi connectivity index (χ0) is 11.3. The number of para-hydroxylation sites is 1. The van der Waals surface area contributed by atoms with Crippen molar-refractivity contribution in [2.45, 2.75) is 19.4 Å². The van der Waals surface area contributed by atoms with Crippen molar-refractivity contribution in [3.63, 3.8) is 0 Å². The summed E-state index contributed by atoms with van der Waals surface area (Å²) in [6, 6.07) is 5.39. The van der Waals surface area contributed by atoms with E-state index in [9.17, 15) is 0 Å². The van der Waals surface area contributed by atoms with E-state index < -0.39 is 0 Å². The molecule has 0 saturated heterocycles. The van der Waals surface area contributed by atoms with Gasteiger partial charge in [-0.1, -0.05) is 23.7 Å². The smallest absolute Gasteiger partial charge is 0.142 e. The van der Waals surface area contributed by atoms with Crippen LogP contribution in [0.1, 0.15) is 24.9 Å². The second kappa shape index (κ2) is 5.95. The molecule has 0 fully saturated rings. The molecular weight excluding hydrogens is 214 g/mol. The van der Waals surface area contributed by atoms with Gasteiger partial charge < -0.3 is 15.6 Å². The van der Waals surface area contributed by atoms with Crippen molar-refractivity contribution < 1.29 is 9.84 Å². The summed E-state index contributed by atoms with van der Waals surface area (Å²) in [5.74, 6) is 0.627. The minimum Gasteiger partial charge on any atom is -0.492 e. The molecule has 3 N–H and O–H groups in total. The normalized spacial score (nSPS) is 12.5. The number of ether oxygens (including phenoxy) is 1. The quantitative estimate of drug-likeness (QED) is 0.761. The number of hydrogen-bond donors (Lipinski definition) is 2. The minimum atomic E-state index is -0.118. The van der Waals surface area contributed by atoms with Crippen LogP contribution < -0.4 is 10.5 Å². The van der Waals surface area contributed by atoms with Gasteiger partial charge in [-0.2, -0.15) is 0 Å². The van der Waals surface area contributed by atoms with Crippen LogP contribution in [0.15, 0.2) is 18.2 Å². The van der Waals surface area contributed by atoms with Gasteiger partial charge in [0.2, 0.25) is 0 Å². The standard InChI is InChI=1S/C11H16ClNO2/c1-8(13)9-4-2-5-10(12)11(9)15-7-3-6-14/h2,4-5,8,14H,3,6-7,13H2,1H3. The Morgan fingerprint density at radius 3 is 2.87 bits per heavy atom. The summed E-state index contributed by atoms with van der Waals surface area (Å²) in [4.78, 5) is 0. The van der Waals surface area contributed by atoms with Crippen molar-refractivity contribution in [1.29, 1.82) is 0 Å². The molecule has 1 rings (SSSR count). The molecule has 0 spiro atoms. The second-order valence-corrected chi connectivity index (χ2v) is 3.78. The van der Waals surface area contributed by atoms with Crippen molar-refractivity contribution in [3.8, 4) is 5.75 Å². The van der Waals surface area contributed by atoms with Crippen LogP contribution in [0.5, 0.6) is 5.75 Å². The van der Waals surface area contributed by atoms with E-state index in [-0.39, 0.29) is 12.6 Å². The van der Waals surface area contributed by atoms with E-state index in [0.717, 1.165) is 5.56 Å². The van der Waals surface area contributed by atoms with E-state index >= 15 is 0 Å². The van der Waals surface area contributed by atoms with Crippen molar-refractivity contribution in [1.82, 2.24) is 0 Å². The molecule has 84 valence electrons. The Balaban J connectivity index is 2.82. The van der Waals surface area contributed by atoms with Gasteiger partial charge in [0.1, 0.15) is 5.75 Å². The van der Waals surface area contributed by atoms with Gasteiger partial charge in [-0.3, -0.25) is 0 Å². The van der Waals surface area contributed by atoms with E-state index in [2.05, 4.69) is 0 Å². The summed E-state index contributed by atoms with van der Waals surface area (Å²) in [6.45, 7) is 2.43. The third kappa shape index (κ3) is 3.38. The lowest BCUT2D eigenvalue weighted by atomic mass is 10.1. The number of halogens is 1. The second-order valence-electron chi connectivity index (χ2n) is 3.37. The predicted molar refractivity (Wildman–Crippen MR) is 61.3 cm³/mol. The van der Waals surface area contributed by atoms with Crippen LogP contribution in [0.3, 0.4) is 0 Å². The molecule has 0 aliphatic carbocycles. The minimum absolute atomic E-state index is 0.109. The molecule has 0 saturated carbocycles. The SMILES string of the molecule is CC(N)c1cccc(Cl)c1OCCCO. The molecule has 0 heterocycles. The summed E-state index contributed by atoms with van der Waals surface area (Å²) in [5, 5.41) is 9.21. The van der Waals surface area contributed by atoms with E-state index in [0.29, 0.717) is 23.8 Å². The zero-order valence-corrected chi connectivity index (χ0v) is 9.50. The lowest BCUT2D eigenvalue weighted by Gasteiger charge is -2.14. The van der Waals surface area contributed by atoms with Crippen LogP contribution in [0.25, 0.3) is 0 Å². The molecule has 4 heteroatoms. The Labute approximate surface area is 94.8 Å². The molecule has 0 aliphatic heterocycles. The van der Waals surface area contributed by atoms with Gasteiger partial charge in [0.25, 0.3) is 0 Å². The number of rotatable bonds is 5. The van der Waals surface area contributed by atoms with Crippen LogP contribution in [-0.4, -0.2) is 18.3 Å². The molecule has 0 aliphatic rings. The van der Waals surface area contributed by atoms with E-state index in [1.54, 1.807) is 6.07 Å². The highest BCUT2D eigenvalue weighted by atomic mass is 35.5. The average Bonchev–Trinajstić information content (AvgIpc) is 2.20. The van der Waals surface area contributed by atoms with Crippen LogP contribution >= 0.6 is 11.6 Å². The Morgan fingerprint density at radius 1 is 1.53 bits per heavy atom. The lowest BCUT2D eigenvalue weighted by molar-refractivity contribution is 0.232. The van der Waals surface area contributed by atoms with Crippen molar-refractivity contribution >= 4 is 11.6 Å². The molecule has 0 amide bonds. The molecule has 1 aromatic rings. The fourth-order valence-electron chi connectivity index (χ4n) is 1.28. The Bertz CT molecular complexity index is 315. The van der Waals surface area contributed by atoms with Crippen LogP contribution in [0.4, 0.5) is 0 Å². The van der Waals surface area contributed by atoms with Gasteiger partial charge in [0, 0.05) is 24.6 Å². The summed E-state index contributed by atoms with van der Waals surface area (Å²) in [5.41, 5.74) is 6.69. The molecular formula is C11H16ClNO2. The number of nitrogens with two attached hydrogens (primary N) is 1. The summed E-state index contributed by atoms with van der Waals surface area (Å²) < 4.78 is 5.50. The molecule has 0 radical (unpaired) electrons. The largest absolute Gasteiger partial charge is 0.492 e. The van der Waals surface area contributed by atoms with Crippen molar-refractivity contribution in [3.05, 3.63) is 28.8 Å². The fraction of sp³-hybridized carbons (Fsp3) is 0.455. The first kappa shape index (κ1) is 12.3. The predicted octanol–water partition coefficient (Wildman–Crippen LogP) is 2.12. The summed E-state index contributed by atoms with van der Waals surface area (Å²) >= 11 is 6.01. The highest BCUT2D eigenvalue weighted by molar-refractivity contribution is 6.32. The monoisotopic (exact) mass is 229 g/mol. The summed E-state index contributed by atoms with van der Waals surface area (Å²) in [6.07, 6.45) is 0.587. The number of aliphatic hydroxyl groups excluding tert-OH is 1. The van der Waals surface area contributed by atoms with Gasteiger partial charge >= 0.3 is 0 Å². The fourth-order valence-corrected chi connectivity index (χ4v) is 1.51. The van der Waals surface area contributed by atoms with Gasteiger partial charge in [-0.15, -0.1) is 0 Å². The van der Waals surface area contributed by atoms with Gasteiger partial charge in [0.15, 0.2) is 0 Å². The first-order chi connectivity index (χ1) is 7.16. The zero-order valence-electron chi connectivity index (χ0n) is 8.74. The third-order valence-corrected chi connectivity index (χ3v) is 2.33. The molecule has 0 bridgehead atoms. The maximum Gasteiger partial charge on any atom is 0.142 e. The highest BCUT2D eigenvalue weighted by Gasteiger charge is 2.11. The molecule has 3 nitrogen and oxygen atoms in total. The first-order valence-electron chi connectivity index (χ1n) is 4.94. The molecule has 1 atom stereocenters. The lowest BCUT2D eigenvalue weighted by Crippen LogP contribution is -2.09. The molecule has 0 aromatic heterocycles. The number of benzene rings is 1. The number of aliphatic hydroxyl groups is 1. The third-order valence-electron chi connectivity index (χ3n) is 2.04. The van der Waals surface area contributed by atoms with Gasteiger partial charge in [-0.25, -0.2) is 0 Å². The Kier molecular flexibility index (Phi) is 4.88. The maximum absolute atomic E-state index is 8.65. The van der Waals surface area contributed by atoms with E-state index in [1.807, 2.05) is 19.1 Å². The topological polar surface area (TPSA) is 55.5 Å². The van der Waals surface area contributed by atoms with E-state index in [1.165, 1.54) is 0 Å². The number of hydrogen-bond acceptors (Lipinski definition) is 3. The van der Waals surface area contributed by atoms with Crippen LogP contribution in [0.2, 0.25) is 5.02 Å². The van der Waals surface area contributed by atoms with E-state index in [4.69, 9.17) is 27.2 Å². The maximum atomic E-state index is 8.65. The van der Waals surface area contributed by atoms with Gasteiger partial charge in [-0.05, 0) is 13.0 Å².